The molecule has 0 radical (unpaired) electrons. The molecule has 1 unspecified atom stereocenters. The number of anilines is 2. The van der Waals surface area contributed by atoms with E-state index in [4.69, 9.17) is 4.74 Å². The fourth-order valence-corrected chi connectivity index (χ4v) is 2.44. The molecule has 25 heavy (non-hydrogen) atoms. The molecule has 0 aromatic heterocycles. The Morgan fingerprint density at radius 2 is 1.76 bits per heavy atom. The fraction of sp³-hybridized carbons (Fsp3) is 0.176. The smallest absolute Gasteiger partial charge is 0.338 e. The number of fused-ring (bicyclic) bond motifs is 1. The van der Waals surface area contributed by atoms with Gasteiger partial charge in [-0.15, -0.1) is 0 Å². The second kappa shape index (κ2) is 6.84. The first-order chi connectivity index (χ1) is 11.9. The summed E-state index contributed by atoms with van der Waals surface area (Å²) < 4.78 is 43.1. The fourth-order valence-electron chi connectivity index (χ4n) is 2.44. The van der Waals surface area contributed by atoms with E-state index in [0.717, 1.165) is 6.07 Å². The van der Waals surface area contributed by atoms with Gasteiger partial charge >= 0.3 is 12.0 Å². The Morgan fingerprint density at radius 3 is 2.48 bits per heavy atom. The van der Waals surface area contributed by atoms with Crippen molar-refractivity contribution >= 4 is 23.4 Å². The lowest BCUT2D eigenvalue weighted by atomic mass is 10.1. The van der Waals surface area contributed by atoms with Crippen LogP contribution in [0.4, 0.5) is 29.3 Å². The Hall–Kier alpha value is -3.03. The summed E-state index contributed by atoms with van der Waals surface area (Å²) in [5, 5.41) is 4.99. The van der Waals surface area contributed by atoms with Gasteiger partial charge in [0.1, 0.15) is 6.61 Å². The first kappa shape index (κ1) is 16.8. The van der Waals surface area contributed by atoms with Crippen LogP contribution in [0.2, 0.25) is 0 Å². The van der Waals surface area contributed by atoms with Gasteiger partial charge in [0, 0.05) is 16.9 Å². The topological polar surface area (TPSA) is 67.4 Å². The van der Waals surface area contributed by atoms with Crippen molar-refractivity contribution in [2.45, 2.75) is 19.2 Å². The maximum Gasteiger partial charge on any atom is 0.338 e. The van der Waals surface area contributed by atoms with Gasteiger partial charge in [0.05, 0.1) is 5.56 Å². The van der Waals surface area contributed by atoms with Crippen LogP contribution in [0.25, 0.3) is 0 Å². The Morgan fingerprint density at radius 1 is 1.04 bits per heavy atom. The molecule has 3 rings (SSSR count). The number of ether oxygens (including phenoxy) is 1. The van der Waals surface area contributed by atoms with Crippen LogP contribution >= 0.6 is 0 Å². The van der Waals surface area contributed by atoms with Crippen LogP contribution in [0.15, 0.2) is 42.5 Å². The van der Waals surface area contributed by atoms with Crippen LogP contribution in [0, 0.1) is 0 Å². The molecule has 130 valence electrons. The molecular formula is C17H13F3N2O3. The number of nitrogens with one attached hydrogen (secondary N) is 2. The van der Waals surface area contributed by atoms with Gasteiger partial charge in [-0.3, -0.25) is 0 Å². The van der Waals surface area contributed by atoms with E-state index >= 15 is 0 Å². The van der Waals surface area contributed by atoms with Crippen molar-refractivity contribution in [1.82, 2.24) is 0 Å². The molecular weight excluding hydrogens is 337 g/mol. The first-order valence-electron chi connectivity index (χ1n) is 7.34. The molecule has 0 bridgehead atoms. The number of cyclic esters (lactones) is 1. The average Bonchev–Trinajstić information content (AvgIpc) is 2.94. The number of urea groups is 1. The first-order valence-corrected chi connectivity index (χ1v) is 7.34. The van der Waals surface area contributed by atoms with Gasteiger partial charge in [0.15, 0.2) is 6.17 Å². The van der Waals surface area contributed by atoms with Crippen molar-refractivity contribution in [1.29, 1.82) is 0 Å². The van der Waals surface area contributed by atoms with Gasteiger partial charge in [-0.25, -0.2) is 22.8 Å². The minimum absolute atomic E-state index is 0.138. The molecule has 2 amide bonds. The van der Waals surface area contributed by atoms with Crippen molar-refractivity contribution in [3.8, 4) is 0 Å². The summed E-state index contributed by atoms with van der Waals surface area (Å²) in [6.07, 6.45) is -5.56. The maximum absolute atomic E-state index is 13.4. The lowest BCUT2D eigenvalue weighted by Gasteiger charge is -2.11. The molecule has 5 nitrogen and oxygen atoms in total. The van der Waals surface area contributed by atoms with E-state index in [1.165, 1.54) is 30.3 Å². The van der Waals surface area contributed by atoms with Gasteiger partial charge in [-0.05, 0) is 35.9 Å². The second-order valence-electron chi connectivity index (χ2n) is 5.39. The van der Waals surface area contributed by atoms with Crippen LogP contribution < -0.4 is 10.6 Å². The number of rotatable bonds is 4. The van der Waals surface area contributed by atoms with E-state index in [2.05, 4.69) is 10.6 Å². The summed E-state index contributed by atoms with van der Waals surface area (Å²) in [6, 6.07) is 9.24. The van der Waals surface area contributed by atoms with E-state index in [0.29, 0.717) is 16.8 Å². The van der Waals surface area contributed by atoms with Crippen LogP contribution in [0.5, 0.6) is 0 Å². The minimum Gasteiger partial charge on any atom is -0.457 e. The number of benzene rings is 2. The third-order valence-corrected chi connectivity index (χ3v) is 3.63. The molecule has 0 aliphatic carbocycles. The molecule has 2 N–H and O–H groups in total. The van der Waals surface area contributed by atoms with Crippen molar-refractivity contribution in [2.75, 3.05) is 10.6 Å². The highest BCUT2D eigenvalue weighted by Crippen LogP contribution is 2.27. The zero-order valence-electron chi connectivity index (χ0n) is 12.8. The molecule has 1 heterocycles. The Bertz CT molecular complexity index is 827. The SMILES string of the molecule is O=C(Nc1cccc(C(F)C(F)F)c1)Nc1ccc2c(c1)COC2=O. The lowest BCUT2D eigenvalue weighted by molar-refractivity contribution is 0.0496. The number of carbonyl (C=O) groups excluding carboxylic acids is 2. The number of esters is 1. The van der Waals surface area contributed by atoms with Crippen molar-refractivity contribution in [2.24, 2.45) is 0 Å². The predicted octanol–water partition coefficient (Wildman–Crippen LogP) is 4.28. The quantitative estimate of drug-likeness (QED) is 0.809. The number of carbonyl (C=O) groups is 2. The summed E-state index contributed by atoms with van der Waals surface area (Å²) in [4.78, 5) is 23.4. The summed E-state index contributed by atoms with van der Waals surface area (Å²) in [7, 11) is 0. The van der Waals surface area contributed by atoms with E-state index in [9.17, 15) is 22.8 Å². The third-order valence-electron chi connectivity index (χ3n) is 3.63. The number of amides is 2. The van der Waals surface area contributed by atoms with Crippen molar-refractivity contribution < 1.29 is 27.5 Å². The molecule has 0 fully saturated rings. The van der Waals surface area contributed by atoms with Gasteiger partial charge in [0.2, 0.25) is 0 Å². The monoisotopic (exact) mass is 350 g/mol. The summed E-state index contributed by atoms with van der Waals surface area (Å²) in [5.74, 6) is -0.414. The summed E-state index contributed by atoms with van der Waals surface area (Å²) in [5.41, 5.74) is 1.49. The largest absolute Gasteiger partial charge is 0.457 e. The Kier molecular flexibility index (Phi) is 4.60. The van der Waals surface area contributed by atoms with Gasteiger partial charge in [-0.2, -0.15) is 0 Å². The highest BCUT2D eigenvalue weighted by molar-refractivity contribution is 6.00. The van der Waals surface area contributed by atoms with Gasteiger partial charge < -0.3 is 15.4 Å². The predicted molar refractivity (Wildman–Crippen MR) is 84.5 cm³/mol. The van der Waals surface area contributed by atoms with Crippen molar-refractivity contribution in [3.63, 3.8) is 0 Å². The molecule has 0 spiro atoms. The van der Waals surface area contributed by atoms with Gasteiger partial charge in [0.25, 0.3) is 6.43 Å². The maximum atomic E-state index is 13.4. The molecule has 0 saturated heterocycles. The van der Waals surface area contributed by atoms with Gasteiger partial charge in [-0.1, -0.05) is 12.1 Å². The molecule has 2 aromatic carbocycles. The molecule has 1 atom stereocenters. The molecule has 8 heteroatoms. The number of alkyl halides is 3. The molecule has 1 aliphatic rings. The lowest BCUT2D eigenvalue weighted by Crippen LogP contribution is -2.19. The normalized spacial score (nSPS) is 14.0. The van der Waals surface area contributed by atoms with Crippen LogP contribution in [0.3, 0.4) is 0 Å². The second-order valence-corrected chi connectivity index (χ2v) is 5.39. The highest BCUT2D eigenvalue weighted by atomic mass is 19.3. The van der Waals surface area contributed by atoms with Crippen molar-refractivity contribution in [3.05, 3.63) is 59.2 Å². The Balaban J connectivity index is 1.67. The van der Waals surface area contributed by atoms with Crippen LogP contribution in [0.1, 0.15) is 27.7 Å². The van der Waals surface area contributed by atoms with E-state index < -0.39 is 24.6 Å². The average molecular weight is 350 g/mol. The minimum atomic E-state index is -3.14. The van der Waals surface area contributed by atoms with Crippen LogP contribution in [-0.4, -0.2) is 18.4 Å². The summed E-state index contributed by atoms with van der Waals surface area (Å²) in [6.45, 7) is 0.138. The zero-order valence-corrected chi connectivity index (χ0v) is 12.8. The van der Waals surface area contributed by atoms with E-state index in [1.54, 1.807) is 6.07 Å². The number of hydrogen-bond donors (Lipinski definition) is 2. The number of hydrogen-bond acceptors (Lipinski definition) is 3. The molecule has 2 aromatic rings. The molecule has 1 aliphatic heterocycles. The van der Waals surface area contributed by atoms with Crippen LogP contribution in [-0.2, 0) is 11.3 Å². The van der Waals surface area contributed by atoms with E-state index in [-0.39, 0.29) is 17.9 Å². The standard InChI is InChI=1S/C17H13F3N2O3/c18-14(15(19)20)9-2-1-3-11(6-9)21-17(24)22-12-4-5-13-10(7-12)8-25-16(13)23/h1-7,14-15H,8H2,(H2,21,22,24). The number of halogens is 3. The Labute approximate surface area is 140 Å². The zero-order chi connectivity index (χ0) is 18.0. The van der Waals surface area contributed by atoms with E-state index in [1.807, 2.05) is 0 Å². The third kappa shape index (κ3) is 3.73. The summed E-state index contributed by atoms with van der Waals surface area (Å²) >= 11 is 0. The molecule has 0 saturated carbocycles. The highest BCUT2D eigenvalue weighted by Gasteiger charge is 2.22.